The van der Waals surface area contributed by atoms with Gasteiger partial charge in [0, 0.05) is 5.69 Å². The van der Waals surface area contributed by atoms with Crippen LogP contribution in [-0.4, -0.2) is 5.11 Å². The van der Waals surface area contributed by atoms with Crippen molar-refractivity contribution in [2.24, 2.45) is 0 Å². The van der Waals surface area contributed by atoms with Crippen LogP contribution in [0.25, 0.3) is 0 Å². The molecule has 21 heavy (non-hydrogen) atoms. The highest BCUT2D eigenvalue weighted by atomic mass is 32.1. The molecule has 0 aliphatic carbocycles. The number of rotatable bonds is 3. The summed E-state index contributed by atoms with van der Waals surface area (Å²) in [6, 6.07) is 15.3. The molecule has 0 aromatic heterocycles. The van der Waals surface area contributed by atoms with Crippen LogP contribution in [0.1, 0.15) is 24.1 Å². The van der Waals surface area contributed by atoms with E-state index in [1.54, 1.807) is 30.3 Å². The summed E-state index contributed by atoms with van der Waals surface area (Å²) in [5, 5.41) is 15.4. The zero-order valence-electron chi connectivity index (χ0n) is 11.4. The van der Waals surface area contributed by atoms with Crippen molar-refractivity contribution in [3.63, 3.8) is 0 Å². The van der Waals surface area contributed by atoms with Crippen molar-refractivity contribution >= 4 is 23.0 Å². The van der Waals surface area contributed by atoms with E-state index in [1.165, 1.54) is 12.1 Å². The highest BCUT2D eigenvalue weighted by molar-refractivity contribution is 7.80. The Labute approximate surface area is 128 Å². The minimum atomic E-state index is -0.264. The molecule has 2 aromatic carbocycles. The molecule has 0 aliphatic heterocycles. The van der Waals surface area contributed by atoms with Crippen molar-refractivity contribution in [1.82, 2.24) is 5.32 Å². The Morgan fingerprint density at radius 1 is 1.24 bits per heavy atom. The second kappa shape index (κ2) is 6.82. The van der Waals surface area contributed by atoms with Gasteiger partial charge in [0.25, 0.3) is 0 Å². The van der Waals surface area contributed by atoms with E-state index in [2.05, 4.69) is 16.7 Å². The van der Waals surface area contributed by atoms with Gasteiger partial charge in [0.05, 0.1) is 17.7 Å². The fourth-order valence-corrected chi connectivity index (χ4v) is 2.16. The molecular formula is C16H14FN3S. The maximum absolute atomic E-state index is 12.9. The van der Waals surface area contributed by atoms with Crippen molar-refractivity contribution < 1.29 is 4.39 Å². The van der Waals surface area contributed by atoms with Crippen LogP contribution in [0.3, 0.4) is 0 Å². The fraction of sp³-hybridized carbons (Fsp3) is 0.125. The largest absolute Gasteiger partial charge is 0.356 e. The lowest BCUT2D eigenvalue weighted by Crippen LogP contribution is -2.30. The first-order chi connectivity index (χ1) is 10.1. The molecule has 0 fully saturated rings. The predicted molar refractivity (Wildman–Crippen MR) is 85.3 cm³/mol. The Hall–Kier alpha value is -2.45. The lowest BCUT2D eigenvalue weighted by atomic mass is 10.1. The molecule has 3 nitrogen and oxygen atoms in total. The van der Waals surface area contributed by atoms with Crippen LogP contribution in [0.15, 0.2) is 48.5 Å². The molecule has 0 aliphatic rings. The average Bonchev–Trinajstić information content (AvgIpc) is 2.47. The zero-order valence-corrected chi connectivity index (χ0v) is 12.2. The number of nitrogens with one attached hydrogen (secondary N) is 2. The molecule has 2 rings (SSSR count). The van der Waals surface area contributed by atoms with E-state index in [0.29, 0.717) is 10.7 Å². The summed E-state index contributed by atoms with van der Waals surface area (Å²) in [5.41, 5.74) is 2.25. The van der Waals surface area contributed by atoms with Crippen molar-refractivity contribution in [1.29, 1.82) is 5.26 Å². The van der Waals surface area contributed by atoms with E-state index < -0.39 is 0 Å². The third kappa shape index (κ3) is 4.26. The maximum Gasteiger partial charge on any atom is 0.171 e. The number of nitriles is 1. The first kappa shape index (κ1) is 14.9. The Kier molecular flexibility index (Phi) is 4.85. The van der Waals surface area contributed by atoms with Gasteiger partial charge in [0.1, 0.15) is 5.82 Å². The number of halogens is 1. The molecule has 2 aromatic rings. The van der Waals surface area contributed by atoms with Crippen molar-refractivity contribution in [2.75, 3.05) is 5.32 Å². The third-order valence-electron chi connectivity index (χ3n) is 2.97. The Morgan fingerprint density at radius 2 is 1.95 bits per heavy atom. The van der Waals surface area contributed by atoms with Gasteiger partial charge in [-0.1, -0.05) is 18.2 Å². The van der Waals surface area contributed by atoms with Crippen molar-refractivity contribution in [2.45, 2.75) is 13.0 Å². The molecule has 0 saturated carbocycles. The van der Waals surface area contributed by atoms with E-state index in [9.17, 15) is 4.39 Å². The molecule has 1 atom stereocenters. The highest BCUT2D eigenvalue weighted by Gasteiger charge is 2.07. The van der Waals surface area contributed by atoms with Gasteiger partial charge in [-0.15, -0.1) is 0 Å². The number of hydrogen-bond acceptors (Lipinski definition) is 2. The molecule has 2 N–H and O–H groups in total. The Balaban J connectivity index is 1.98. The third-order valence-corrected chi connectivity index (χ3v) is 3.19. The summed E-state index contributed by atoms with van der Waals surface area (Å²) in [7, 11) is 0. The monoisotopic (exact) mass is 299 g/mol. The topological polar surface area (TPSA) is 47.8 Å². The van der Waals surface area contributed by atoms with Crippen LogP contribution in [0.5, 0.6) is 0 Å². The molecule has 0 saturated heterocycles. The number of nitrogens with zero attached hydrogens (tertiary/aromatic N) is 1. The fourth-order valence-electron chi connectivity index (χ4n) is 1.87. The van der Waals surface area contributed by atoms with E-state index in [0.717, 1.165) is 11.3 Å². The van der Waals surface area contributed by atoms with E-state index in [1.807, 2.05) is 13.0 Å². The van der Waals surface area contributed by atoms with E-state index in [-0.39, 0.29) is 11.9 Å². The summed E-state index contributed by atoms with van der Waals surface area (Å²) in [6.07, 6.45) is 0. The average molecular weight is 299 g/mol. The maximum atomic E-state index is 12.9. The van der Waals surface area contributed by atoms with Gasteiger partial charge < -0.3 is 10.6 Å². The first-order valence-electron chi connectivity index (χ1n) is 6.41. The van der Waals surface area contributed by atoms with Crippen molar-refractivity contribution in [3.05, 3.63) is 65.5 Å². The lowest BCUT2D eigenvalue weighted by molar-refractivity contribution is 0.624. The van der Waals surface area contributed by atoms with Gasteiger partial charge in [0.2, 0.25) is 0 Å². The molecule has 0 spiro atoms. The minimum absolute atomic E-state index is 0.0512. The predicted octanol–water partition coefficient (Wildman–Crippen LogP) is 3.74. The summed E-state index contributed by atoms with van der Waals surface area (Å²) in [6.45, 7) is 1.94. The van der Waals surface area contributed by atoms with Crippen LogP contribution in [0.2, 0.25) is 0 Å². The summed E-state index contributed by atoms with van der Waals surface area (Å²) in [5.74, 6) is -0.264. The SMILES string of the molecule is CC(NC(=S)Nc1cccc(C#N)c1)c1ccc(F)cc1. The van der Waals surface area contributed by atoms with Crippen LogP contribution in [0.4, 0.5) is 10.1 Å². The number of anilines is 1. The van der Waals surface area contributed by atoms with E-state index in [4.69, 9.17) is 17.5 Å². The number of thiocarbonyl (C=S) groups is 1. The molecule has 0 heterocycles. The van der Waals surface area contributed by atoms with Gasteiger partial charge in [-0.3, -0.25) is 0 Å². The Morgan fingerprint density at radius 3 is 2.62 bits per heavy atom. The second-order valence-electron chi connectivity index (χ2n) is 4.56. The molecule has 0 radical (unpaired) electrons. The quantitative estimate of drug-likeness (QED) is 0.848. The normalized spacial score (nSPS) is 11.3. The van der Waals surface area contributed by atoms with Crippen LogP contribution in [0, 0.1) is 17.1 Å². The summed E-state index contributed by atoms with van der Waals surface area (Å²) >= 11 is 5.24. The molecule has 0 bridgehead atoms. The second-order valence-corrected chi connectivity index (χ2v) is 4.97. The number of benzene rings is 2. The smallest absolute Gasteiger partial charge is 0.171 e. The highest BCUT2D eigenvalue weighted by Crippen LogP contribution is 2.14. The molecule has 0 amide bonds. The van der Waals surface area contributed by atoms with Gasteiger partial charge in [-0.05, 0) is 55.0 Å². The molecular weight excluding hydrogens is 285 g/mol. The lowest BCUT2D eigenvalue weighted by Gasteiger charge is -2.17. The van der Waals surface area contributed by atoms with Crippen LogP contribution < -0.4 is 10.6 Å². The Bertz CT molecular complexity index is 677. The van der Waals surface area contributed by atoms with Gasteiger partial charge in [-0.2, -0.15) is 5.26 Å². The summed E-state index contributed by atoms with van der Waals surface area (Å²) < 4.78 is 12.9. The van der Waals surface area contributed by atoms with Crippen LogP contribution >= 0.6 is 12.2 Å². The first-order valence-corrected chi connectivity index (χ1v) is 6.82. The number of hydrogen-bond donors (Lipinski definition) is 2. The van der Waals surface area contributed by atoms with Crippen molar-refractivity contribution in [3.8, 4) is 6.07 Å². The van der Waals surface area contributed by atoms with E-state index >= 15 is 0 Å². The van der Waals surface area contributed by atoms with Crippen LogP contribution in [-0.2, 0) is 0 Å². The van der Waals surface area contributed by atoms with Gasteiger partial charge in [0.15, 0.2) is 5.11 Å². The standard InChI is InChI=1S/C16H14FN3S/c1-11(13-5-7-14(17)8-6-13)19-16(21)20-15-4-2-3-12(9-15)10-18/h2-9,11H,1H3,(H2,19,20,21). The minimum Gasteiger partial charge on any atom is -0.356 e. The van der Waals surface area contributed by atoms with Gasteiger partial charge in [-0.25, -0.2) is 4.39 Å². The summed E-state index contributed by atoms with van der Waals surface area (Å²) in [4.78, 5) is 0. The molecule has 5 heteroatoms. The zero-order chi connectivity index (χ0) is 15.2. The molecule has 106 valence electrons. The molecule has 1 unspecified atom stereocenters. The van der Waals surface area contributed by atoms with Gasteiger partial charge >= 0.3 is 0 Å².